The van der Waals surface area contributed by atoms with Gasteiger partial charge < -0.3 is 5.73 Å². The maximum absolute atomic E-state index is 5.02. The van der Waals surface area contributed by atoms with E-state index in [0.29, 0.717) is 6.67 Å². The van der Waals surface area contributed by atoms with Crippen molar-refractivity contribution in [3.63, 3.8) is 0 Å². The van der Waals surface area contributed by atoms with Crippen LogP contribution in [0.25, 0.3) is 0 Å². The third-order valence-corrected chi connectivity index (χ3v) is 0.478. The Labute approximate surface area is 43.7 Å². The first kappa shape index (κ1) is 6.41. The lowest BCUT2D eigenvalue weighted by Gasteiger charge is -1.69. The predicted octanol–water partition coefficient (Wildman–Crippen LogP) is 0.539. The van der Waals surface area contributed by atoms with Crippen molar-refractivity contribution in [1.82, 2.24) is 0 Å². The van der Waals surface area contributed by atoms with Gasteiger partial charge in [-0.1, -0.05) is 6.92 Å². The van der Waals surface area contributed by atoms with Crippen molar-refractivity contribution < 1.29 is 0 Å². The Kier molecular flexibility index (Phi) is 4.95. The minimum absolute atomic E-state index is 0.344. The van der Waals surface area contributed by atoms with Gasteiger partial charge in [-0.3, -0.25) is 0 Å². The number of allylic oxidation sites excluding steroid dienone is 1. The van der Waals surface area contributed by atoms with E-state index in [4.69, 9.17) is 5.73 Å². The van der Waals surface area contributed by atoms with Crippen molar-refractivity contribution in [2.45, 2.75) is 13.3 Å². The Morgan fingerprint density at radius 1 is 1.86 bits per heavy atom. The van der Waals surface area contributed by atoms with Crippen molar-refractivity contribution in [2.75, 3.05) is 6.67 Å². The molecule has 0 radical (unpaired) electrons. The van der Waals surface area contributed by atoms with Crippen molar-refractivity contribution in [1.29, 1.82) is 0 Å². The van der Waals surface area contributed by atoms with Gasteiger partial charge in [-0.2, -0.15) is 0 Å². The average Bonchev–Trinajstić information content (AvgIpc) is 1.69. The van der Waals surface area contributed by atoms with Gasteiger partial charge >= 0.3 is 0 Å². The molecule has 0 saturated heterocycles. The summed E-state index contributed by atoms with van der Waals surface area (Å²) in [4.78, 5) is 3.63. The molecule has 2 heteroatoms. The molecule has 0 aromatic rings. The van der Waals surface area contributed by atoms with Crippen molar-refractivity contribution in [3.8, 4) is 0 Å². The van der Waals surface area contributed by atoms with Gasteiger partial charge in [-0.05, 0) is 18.4 Å². The molecule has 0 spiro atoms. The molecule has 0 unspecified atom stereocenters. The van der Waals surface area contributed by atoms with Crippen molar-refractivity contribution in [3.05, 3.63) is 6.08 Å². The van der Waals surface area contributed by atoms with Gasteiger partial charge in [-0.25, -0.2) is 4.99 Å². The Bertz CT molecular complexity index is 72.1. The standard InChI is InChI=1S/C5H10N2/c1-2-3-4-7-5-6/h3H,2,5-6H2,1H3. The lowest BCUT2D eigenvalue weighted by atomic mass is 10.5. The van der Waals surface area contributed by atoms with Gasteiger partial charge in [0.05, 0.1) is 6.67 Å². The molecule has 0 saturated carbocycles. The summed E-state index contributed by atoms with van der Waals surface area (Å²) in [5, 5.41) is 0. The predicted molar refractivity (Wildman–Crippen MR) is 31.4 cm³/mol. The molecule has 0 aliphatic carbocycles. The molecule has 0 aromatic carbocycles. The van der Waals surface area contributed by atoms with Crippen LogP contribution in [0.5, 0.6) is 0 Å². The first-order chi connectivity index (χ1) is 3.41. The molecule has 0 aliphatic rings. The number of hydrogen-bond acceptors (Lipinski definition) is 2. The maximum Gasteiger partial charge on any atom is 0.0954 e. The van der Waals surface area contributed by atoms with E-state index in [1.165, 1.54) is 0 Å². The fourth-order valence-electron chi connectivity index (χ4n) is 0.209. The molecule has 0 aromatic heterocycles. The SMILES string of the molecule is CCC=C=NCN. The summed E-state index contributed by atoms with van der Waals surface area (Å²) in [5.74, 6) is 2.66. The van der Waals surface area contributed by atoms with E-state index in [1.54, 1.807) is 0 Å². The summed E-state index contributed by atoms with van der Waals surface area (Å²) in [5.41, 5.74) is 5.02. The molecule has 0 bridgehead atoms. The zero-order valence-electron chi connectivity index (χ0n) is 4.52. The first-order valence-corrected chi connectivity index (χ1v) is 2.35. The molecule has 0 aliphatic heterocycles. The average molecular weight is 98.1 g/mol. The molecule has 2 nitrogen and oxygen atoms in total. The lowest BCUT2D eigenvalue weighted by Crippen LogP contribution is -1.91. The second kappa shape index (κ2) is 5.41. The van der Waals surface area contributed by atoms with Crippen LogP contribution in [0.2, 0.25) is 0 Å². The molecule has 0 atom stereocenters. The molecule has 7 heavy (non-hydrogen) atoms. The number of nitrogens with two attached hydrogens (primary N) is 1. The Morgan fingerprint density at radius 3 is 3.00 bits per heavy atom. The summed E-state index contributed by atoms with van der Waals surface area (Å²) < 4.78 is 0. The summed E-state index contributed by atoms with van der Waals surface area (Å²) >= 11 is 0. The minimum Gasteiger partial charge on any atom is -0.312 e. The van der Waals surface area contributed by atoms with Crippen LogP contribution >= 0.6 is 0 Å². The summed E-state index contributed by atoms with van der Waals surface area (Å²) in [6, 6.07) is 0. The minimum atomic E-state index is 0.344. The highest BCUT2D eigenvalue weighted by Crippen LogP contribution is 1.67. The van der Waals surface area contributed by atoms with E-state index in [1.807, 2.05) is 13.0 Å². The van der Waals surface area contributed by atoms with Gasteiger partial charge in [0.2, 0.25) is 0 Å². The molecular weight excluding hydrogens is 88.1 g/mol. The summed E-state index contributed by atoms with van der Waals surface area (Å²) in [6.45, 7) is 2.37. The largest absolute Gasteiger partial charge is 0.312 e. The number of hydrogen-bond donors (Lipinski definition) is 1. The lowest BCUT2D eigenvalue weighted by molar-refractivity contribution is 1.08. The van der Waals surface area contributed by atoms with Crippen molar-refractivity contribution >= 4 is 5.87 Å². The van der Waals surface area contributed by atoms with Crippen LogP contribution in [0.15, 0.2) is 11.1 Å². The van der Waals surface area contributed by atoms with E-state index in [-0.39, 0.29) is 0 Å². The quantitative estimate of drug-likeness (QED) is 0.503. The molecular formula is C5H10N2. The zero-order chi connectivity index (χ0) is 5.54. The van der Waals surface area contributed by atoms with E-state index >= 15 is 0 Å². The molecule has 0 fully saturated rings. The van der Waals surface area contributed by atoms with Crippen LogP contribution in [0.3, 0.4) is 0 Å². The highest BCUT2D eigenvalue weighted by atomic mass is 14.8. The molecule has 0 heterocycles. The van der Waals surface area contributed by atoms with Crippen molar-refractivity contribution in [2.24, 2.45) is 10.7 Å². The first-order valence-electron chi connectivity index (χ1n) is 2.35. The van der Waals surface area contributed by atoms with Crippen LogP contribution < -0.4 is 5.73 Å². The van der Waals surface area contributed by atoms with Crippen LogP contribution in [-0.4, -0.2) is 12.5 Å². The molecule has 2 N–H and O–H groups in total. The van der Waals surface area contributed by atoms with Gasteiger partial charge in [0.1, 0.15) is 0 Å². The Balaban J connectivity index is 3.21. The van der Waals surface area contributed by atoms with E-state index in [9.17, 15) is 0 Å². The monoisotopic (exact) mass is 98.1 g/mol. The smallest absolute Gasteiger partial charge is 0.0954 e. The highest BCUT2D eigenvalue weighted by Gasteiger charge is 1.57. The van der Waals surface area contributed by atoms with Gasteiger partial charge in [-0.15, -0.1) is 0 Å². The van der Waals surface area contributed by atoms with Gasteiger partial charge in [0, 0.05) is 0 Å². The normalized spacial score (nSPS) is 7.14. The topological polar surface area (TPSA) is 38.4 Å². The Hall–Kier alpha value is -0.590. The zero-order valence-corrected chi connectivity index (χ0v) is 4.52. The van der Waals surface area contributed by atoms with Crippen LogP contribution in [0, 0.1) is 0 Å². The van der Waals surface area contributed by atoms with E-state index < -0.39 is 0 Å². The Morgan fingerprint density at radius 2 is 2.57 bits per heavy atom. The second-order valence-corrected chi connectivity index (χ2v) is 1.08. The summed E-state index contributed by atoms with van der Waals surface area (Å²) in [7, 11) is 0. The van der Waals surface area contributed by atoms with E-state index in [2.05, 4.69) is 10.9 Å². The molecule has 0 amide bonds. The third-order valence-electron chi connectivity index (χ3n) is 0.478. The van der Waals surface area contributed by atoms with Crippen LogP contribution in [0.4, 0.5) is 0 Å². The second-order valence-electron chi connectivity index (χ2n) is 1.08. The van der Waals surface area contributed by atoms with Gasteiger partial charge in [0.15, 0.2) is 0 Å². The maximum atomic E-state index is 5.02. The van der Waals surface area contributed by atoms with Gasteiger partial charge in [0.25, 0.3) is 0 Å². The summed E-state index contributed by atoms with van der Waals surface area (Å²) in [6.07, 6.45) is 2.82. The number of rotatable bonds is 2. The van der Waals surface area contributed by atoms with E-state index in [0.717, 1.165) is 6.42 Å². The van der Waals surface area contributed by atoms with Crippen LogP contribution in [0.1, 0.15) is 13.3 Å². The fourth-order valence-corrected chi connectivity index (χ4v) is 0.209. The molecule has 40 valence electrons. The number of aliphatic imine (C=N–C) groups is 1. The number of nitrogens with zero attached hydrogens (tertiary/aromatic N) is 1. The fraction of sp³-hybridized carbons (Fsp3) is 0.600. The third kappa shape index (κ3) is 5.41. The molecule has 0 rings (SSSR count). The van der Waals surface area contributed by atoms with Crippen LogP contribution in [-0.2, 0) is 0 Å². The highest BCUT2D eigenvalue weighted by molar-refractivity contribution is 5.50.